The van der Waals surface area contributed by atoms with Gasteiger partial charge in [0.2, 0.25) is 5.78 Å². The molecule has 1 aromatic heterocycles. The zero-order valence-electron chi connectivity index (χ0n) is 9.52. The maximum absolute atomic E-state index is 11.7. The topological polar surface area (TPSA) is 42.7 Å². The Kier molecular flexibility index (Phi) is 3.74. The number of hydrogen-bond donors (Lipinski definition) is 0. The molecule has 4 heteroatoms. The number of furan rings is 1. The molecule has 1 atom stereocenters. The summed E-state index contributed by atoms with van der Waals surface area (Å²) in [6.07, 6.45) is 4.03. The number of carbonyl (C=O) groups is 1. The monoisotopic (exact) mass is 223 g/mol. The minimum absolute atomic E-state index is 0.0190. The Balaban J connectivity index is 1.78. The molecule has 0 N–H and O–H groups in total. The molecule has 16 heavy (non-hydrogen) atoms. The minimum atomic E-state index is 0.0190. The van der Waals surface area contributed by atoms with Crippen LogP contribution in [0.25, 0.3) is 0 Å². The van der Waals surface area contributed by atoms with Gasteiger partial charge in [-0.25, -0.2) is 0 Å². The van der Waals surface area contributed by atoms with Crippen LogP contribution >= 0.6 is 0 Å². The molecule has 0 radical (unpaired) electrons. The highest BCUT2D eigenvalue weighted by molar-refractivity contribution is 5.94. The first kappa shape index (κ1) is 11.4. The smallest absolute Gasteiger partial charge is 0.211 e. The molecule has 2 heterocycles. The second kappa shape index (κ2) is 5.27. The third kappa shape index (κ3) is 2.93. The van der Waals surface area contributed by atoms with Gasteiger partial charge in [-0.3, -0.25) is 9.69 Å². The average molecular weight is 223 g/mol. The Labute approximate surface area is 95.2 Å². The molecular weight excluding hydrogens is 206 g/mol. The van der Waals surface area contributed by atoms with Crippen LogP contribution in [0.15, 0.2) is 22.8 Å². The van der Waals surface area contributed by atoms with Crippen LogP contribution in [0.2, 0.25) is 0 Å². The van der Waals surface area contributed by atoms with Crippen molar-refractivity contribution in [3.8, 4) is 0 Å². The number of ketones is 1. The number of likely N-dealkylation sites (N-methyl/N-ethyl adjacent to an activating group) is 1. The molecule has 4 nitrogen and oxygen atoms in total. The predicted molar refractivity (Wildman–Crippen MR) is 59.5 cm³/mol. The first-order chi connectivity index (χ1) is 7.75. The lowest BCUT2D eigenvalue weighted by Gasteiger charge is -2.18. The molecule has 1 saturated heterocycles. The second-order valence-corrected chi connectivity index (χ2v) is 4.23. The number of Topliss-reactive ketones (excluding diaryl/α,β-unsaturated/α-hetero) is 1. The van der Waals surface area contributed by atoms with Gasteiger partial charge < -0.3 is 9.15 Å². The molecular formula is C12H17NO3. The van der Waals surface area contributed by atoms with Crippen LogP contribution in [0.5, 0.6) is 0 Å². The minimum Gasteiger partial charge on any atom is -0.461 e. The van der Waals surface area contributed by atoms with Crippen molar-refractivity contribution in [3.05, 3.63) is 24.2 Å². The van der Waals surface area contributed by atoms with Gasteiger partial charge in [-0.1, -0.05) is 0 Å². The van der Waals surface area contributed by atoms with Gasteiger partial charge >= 0.3 is 0 Å². The molecule has 1 aromatic rings. The second-order valence-electron chi connectivity index (χ2n) is 4.23. The van der Waals surface area contributed by atoms with Crippen molar-refractivity contribution in [3.63, 3.8) is 0 Å². The van der Waals surface area contributed by atoms with Crippen molar-refractivity contribution in [2.75, 3.05) is 26.7 Å². The molecule has 0 aromatic carbocycles. The van der Waals surface area contributed by atoms with Gasteiger partial charge in [0, 0.05) is 13.2 Å². The van der Waals surface area contributed by atoms with Crippen LogP contribution in [0.1, 0.15) is 23.4 Å². The van der Waals surface area contributed by atoms with Gasteiger partial charge in [-0.2, -0.15) is 0 Å². The quantitative estimate of drug-likeness (QED) is 0.711. The molecule has 0 saturated carbocycles. The highest BCUT2D eigenvalue weighted by atomic mass is 16.5. The van der Waals surface area contributed by atoms with E-state index in [4.69, 9.17) is 9.15 Å². The van der Waals surface area contributed by atoms with E-state index in [1.807, 2.05) is 11.9 Å². The summed E-state index contributed by atoms with van der Waals surface area (Å²) >= 11 is 0. The molecule has 1 unspecified atom stereocenters. The maximum atomic E-state index is 11.7. The maximum Gasteiger partial charge on any atom is 0.211 e. The van der Waals surface area contributed by atoms with Gasteiger partial charge in [0.1, 0.15) is 0 Å². The Morgan fingerprint density at radius 2 is 2.50 bits per heavy atom. The summed E-state index contributed by atoms with van der Waals surface area (Å²) < 4.78 is 10.6. The van der Waals surface area contributed by atoms with Gasteiger partial charge in [-0.15, -0.1) is 0 Å². The summed E-state index contributed by atoms with van der Waals surface area (Å²) in [7, 11) is 1.93. The van der Waals surface area contributed by atoms with E-state index >= 15 is 0 Å². The molecule has 1 fully saturated rings. The van der Waals surface area contributed by atoms with Gasteiger partial charge in [0.05, 0.1) is 18.9 Å². The summed E-state index contributed by atoms with van der Waals surface area (Å²) in [6, 6.07) is 3.43. The first-order valence-electron chi connectivity index (χ1n) is 5.62. The zero-order valence-corrected chi connectivity index (χ0v) is 9.52. The molecule has 1 aliphatic heterocycles. The van der Waals surface area contributed by atoms with E-state index in [0.29, 0.717) is 12.3 Å². The predicted octanol–water partition coefficient (Wildman–Crippen LogP) is 1.57. The molecule has 88 valence electrons. The summed E-state index contributed by atoms with van der Waals surface area (Å²) in [4.78, 5) is 13.7. The fourth-order valence-corrected chi connectivity index (χ4v) is 1.96. The van der Waals surface area contributed by atoms with E-state index in [2.05, 4.69) is 0 Å². The molecule has 0 spiro atoms. The molecule has 1 aliphatic rings. The van der Waals surface area contributed by atoms with Crippen LogP contribution in [0.4, 0.5) is 0 Å². The molecule has 2 rings (SSSR count). The normalized spacial score (nSPS) is 20.5. The Morgan fingerprint density at radius 3 is 3.12 bits per heavy atom. The van der Waals surface area contributed by atoms with Crippen molar-refractivity contribution < 1.29 is 13.9 Å². The Hall–Kier alpha value is -1.13. The van der Waals surface area contributed by atoms with E-state index in [9.17, 15) is 4.79 Å². The zero-order chi connectivity index (χ0) is 11.4. The fraction of sp³-hybridized carbons (Fsp3) is 0.583. The number of nitrogens with zero attached hydrogens (tertiary/aromatic N) is 1. The van der Waals surface area contributed by atoms with Crippen LogP contribution in [-0.4, -0.2) is 43.5 Å². The standard InChI is InChI=1S/C12H17NO3/c1-13(8-10-4-2-6-15-10)9-11(14)12-5-3-7-16-12/h3,5,7,10H,2,4,6,8-9H2,1H3. The number of hydrogen-bond acceptors (Lipinski definition) is 4. The lowest BCUT2D eigenvalue weighted by Crippen LogP contribution is -2.33. The van der Waals surface area contributed by atoms with E-state index in [-0.39, 0.29) is 11.9 Å². The molecule has 0 bridgehead atoms. The van der Waals surface area contributed by atoms with Gasteiger partial charge in [0.25, 0.3) is 0 Å². The molecule has 0 amide bonds. The van der Waals surface area contributed by atoms with Gasteiger partial charge in [-0.05, 0) is 32.0 Å². The van der Waals surface area contributed by atoms with Crippen LogP contribution in [-0.2, 0) is 4.74 Å². The Bertz CT molecular complexity index is 328. The molecule has 0 aliphatic carbocycles. The average Bonchev–Trinajstić information content (AvgIpc) is 2.88. The van der Waals surface area contributed by atoms with Crippen LogP contribution in [0, 0.1) is 0 Å². The fourth-order valence-electron chi connectivity index (χ4n) is 1.96. The van der Waals surface area contributed by atoms with E-state index in [0.717, 1.165) is 26.0 Å². The van der Waals surface area contributed by atoms with Gasteiger partial charge in [0.15, 0.2) is 5.76 Å². The van der Waals surface area contributed by atoms with E-state index in [1.54, 1.807) is 12.1 Å². The van der Waals surface area contributed by atoms with Crippen LogP contribution < -0.4 is 0 Å². The number of carbonyl (C=O) groups excluding carboxylic acids is 1. The third-order valence-electron chi connectivity index (χ3n) is 2.75. The van der Waals surface area contributed by atoms with E-state index in [1.165, 1.54) is 6.26 Å². The number of rotatable bonds is 5. The van der Waals surface area contributed by atoms with Crippen molar-refractivity contribution in [1.82, 2.24) is 4.90 Å². The lowest BCUT2D eigenvalue weighted by atomic mass is 10.2. The number of ether oxygens (including phenoxy) is 1. The van der Waals surface area contributed by atoms with E-state index < -0.39 is 0 Å². The van der Waals surface area contributed by atoms with Crippen molar-refractivity contribution in [1.29, 1.82) is 0 Å². The largest absolute Gasteiger partial charge is 0.461 e. The SMILES string of the molecule is CN(CC(=O)c1ccco1)CC1CCCO1. The first-order valence-corrected chi connectivity index (χ1v) is 5.62. The summed E-state index contributed by atoms with van der Waals surface area (Å²) in [6.45, 7) is 2.05. The highest BCUT2D eigenvalue weighted by Gasteiger charge is 2.19. The summed E-state index contributed by atoms with van der Waals surface area (Å²) in [5.74, 6) is 0.449. The summed E-state index contributed by atoms with van der Waals surface area (Å²) in [5, 5.41) is 0. The lowest BCUT2D eigenvalue weighted by molar-refractivity contribution is 0.0728. The van der Waals surface area contributed by atoms with Crippen molar-refractivity contribution in [2.24, 2.45) is 0 Å². The van der Waals surface area contributed by atoms with Crippen LogP contribution in [0.3, 0.4) is 0 Å². The van der Waals surface area contributed by atoms with Crippen molar-refractivity contribution >= 4 is 5.78 Å². The Morgan fingerprint density at radius 1 is 1.62 bits per heavy atom. The third-order valence-corrected chi connectivity index (χ3v) is 2.75. The summed E-state index contributed by atoms with van der Waals surface area (Å²) in [5.41, 5.74) is 0. The van der Waals surface area contributed by atoms with Crippen molar-refractivity contribution in [2.45, 2.75) is 18.9 Å². The highest BCUT2D eigenvalue weighted by Crippen LogP contribution is 2.13.